The number of amides is 2. The van der Waals surface area contributed by atoms with Gasteiger partial charge in [-0.2, -0.15) is 0 Å². The van der Waals surface area contributed by atoms with E-state index in [1.54, 1.807) is 0 Å². The first-order valence-corrected chi connectivity index (χ1v) is 7.35. The summed E-state index contributed by atoms with van der Waals surface area (Å²) in [7, 11) is 0. The quantitative estimate of drug-likeness (QED) is 0.894. The predicted molar refractivity (Wildman–Crippen MR) is 85.5 cm³/mol. The van der Waals surface area contributed by atoms with E-state index in [0.29, 0.717) is 6.54 Å². The van der Waals surface area contributed by atoms with E-state index in [2.05, 4.69) is 37.4 Å². The fraction of sp³-hybridized carbons (Fsp3) is 0.278. The summed E-state index contributed by atoms with van der Waals surface area (Å²) in [5.74, 6) is 0. The Bertz CT molecular complexity index is 652. The molecule has 3 nitrogen and oxygen atoms in total. The molecule has 2 aromatic carbocycles. The lowest BCUT2D eigenvalue weighted by Crippen LogP contribution is -2.42. The fourth-order valence-corrected chi connectivity index (χ4v) is 2.93. The number of fused-ring (bicyclic) bond motifs is 1. The molecule has 0 fully saturated rings. The van der Waals surface area contributed by atoms with Crippen LogP contribution in [0.2, 0.25) is 0 Å². The van der Waals surface area contributed by atoms with E-state index in [4.69, 9.17) is 0 Å². The Labute approximate surface area is 125 Å². The first kappa shape index (κ1) is 13.7. The average molecular weight is 280 g/mol. The van der Waals surface area contributed by atoms with Crippen molar-refractivity contribution in [2.45, 2.75) is 32.9 Å². The van der Waals surface area contributed by atoms with Crippen LogP contribution in [-0.4, -0.2) is 12.1 Å². The molecule has 1 aliphatic heterocycles. The third-order valence-corrected chi connectivity index (χ3v) is 3.96. The zero-order valence-corrected chi connectivity index (χ0v) is 12.5. The minimum absolute atomic E-state index is 0.0195. The van der Waals surface area contributed by atoms with Crippen molar-refractivity contribution in [2.24, 2.45) is 0 Å². The molecular formula is C18H20N2O. The molecule has 1 heterocycles. The van der Waals surface area contributed by atoms with Crippen LogP contribution in [0.15, 0.2) is 48.5 Å². The Balaban J connectivity index is 1.73. The average Bonchev–Trinajstić information content (AvgIpc) is 2.81. The maximum absolute atomic E-state index is 12.5. The van der Waals surface area contributed by atoms with Gasteiger partial charge >= 0.3 is 6.03 Å². The van der Waals surface area contributed by atoms with Crippen LogP contribution in [-0.2, 0) is 13.0 Å². The van der Waals surface area contributed by atoms with E-state index in [-0.39, 0.29) is 12.1 Å². The van der Waals surface area contributed by atoms with Crippen LogP contribution in [0, 0.1) is 6.92 Å². The Morgan fingerprint density at radius 2 is 2.00 bits per heavy atom. The van der Waals surface area contributed by atoms with Gasteiger partial charge in [0, 0.05) is 18.3 Å². The molecular weight excluding hydrogens is 260 g/mol. The van der Waals surface area contributed by atoms with Crippen molar-refractivity contribution in [3.05, 3.63) is 65.2 Å². The highest BCUT2D eigenvalue weighted by atomic mass is 16.2. The minimum atomic E-state index is -0.0195. The second kappa shape index (κ2) is 5.60. The van der Waals surface area contributed by atoms with Crippen LogP contribution < -0.4 is 10.2 Å². The summed E-state index contributed by atoms with van der Waals surface area (Å²) in [5.41, 5.74) is 4.66. The van der Waals surface area contributed by atoms with E-state index in [0.717, 1.165) is 17.7 Å². The van der Waals surface area contributed by atoms with Gasteiger partial charge in [-0.05, 0) is 37.5 Å². The molecule has 21 heavy (non-hydrogen) atoms. The molecule has 2 aromatic rings. The van der Waals surface area contributed by atoms with E-state index < -0.39 is 0 Å². The van der Waals surface area contributed by atoms with E-state index in [1.807, 2.05) is 35.2 Å². The summed E-state index contributed by atoms with van der Waals surface area (Å²) < 4.78 is 0. The minimum Gasteiger partial charge on any atom is -0.334 e. The van der Waals surface area contributed by atoms with Crippen LogP contribution in [0.5, 0.6) is 0 Å². The van der Waals surface area contributed by atoms with Gasteiger partial charge in [0.25, 0.3) is 0 Å². The molecule has 1 unspecified atom stereocenters. The topological polar surface area (TPSA) is 32.3 Å². The molecule has 1 N–H and O–H groups in total. The number of hydrogen-bond acceptors (Lipinski definition) is 1. The van der Waals surface area contributed by atoms with Crippen molar-refractivity contribution in [3.8, 4) is 0 Å². The third kappa shape index (κ3) is 2.77. The van der Waals surface area contributed by atoms with Gasteiger partial charge in [-0.15, -0.1) is 0 Å². The molecule has 108 valence electrons. The summed E-state index contributed by atoms with van der Waals surface area (Å²) in [6, 6.07) is 16.5. The van der Waals surface area contributed by atoms with Crippen molar-refractivity contribution in [1.29, 1.82) is 0 Å². The summed E-state index contributed by atoms with van der Waals surface area (Å²) in [4.78, 5) is 14.4. The summed E-state index contributed by atoms with van der Waals surface area (Å²) in [6.07, 6.45) is 0.926. The van der Waals surface area contributed by atoms with Crippen LogP contribution in [0.25, 0.3) is 0 Å². The largest absolute Gasteiger partial charge is 0.334 e. The molecule has 0 aliphatic carbocycles. The first-order valence-electron chi connectivity index (χ1n) is 7.35. The molecule has 3 heteroatoms. The molecule has 2 amide bonds. The smallest absolute Gasteiger partial charge is 0.322 e. The van der Waals surface area contributed by atoms with Crippen LogP contribution in [0.4, 0.5) is 10.5 Å². The second-order valence-electron chi connectivity index (χ2n) is 5.70. The summed E-state index contributed by atoms with van der Waals surface area (Å²) in [5, 5.41) is 3.01. The van der Waals surface area contributed by atoms with Crippen LogP contribution in [0.3, 0.4) is 0 Å². The number of carbonyl (C=O) groups excluding carboxylic acids is 1. The van der Waals surface area contributed by atoms with Crippen LogP contribution in [0.1, 0.15) is 23.6 Å². The maximum Gasteiger partial charge on any atom is 0.322 e. The number of hydrogen-bond donors (Lipinski definition) is 1. The van der Waals surface area contributed by atoms with Crippen molar-refractivity contribution >= 4 is 11.7 Å². The number of urea groups is 1. The third-order valence-electron chi connectivity index (χ3n) is 3.96. The number of anilines is 1. The fourth-order valence-electron chi connectivity index (χ4n) is 2.93. The van der Waals surface area contributed by atoms with E-state index >= 15 is 0 Å². The normalized spacial score (nSPS) is 16.7. The second-order valence-corrected chi connectivity index (χ2v) is 5.70. The highest BCUT2D eigenvalue weighted by Gasteiger charge is 2.30. The van der Waals surface area contributed by atoms with Crippen LogP contribution >= 0.6 is 0 Å². The Morgan fingerprint density at radius 1 is 1.24 bits per heavy atom. The van der Waals surface area contributed by atoms with Crippen molar-refractivity contribution < 1.29 is 4.79 Å². The molecule has 0 saturated heterocycles. The summed E-state index contributed by atoms with van der Waals surface area (Å²) in [6.45, 7) is 4.74. The Hall–Kier alpha value is -2.29. The molecule has 0 radical (unpaired) electrons. The molecule has 0 bridgehead atoms. The van der Waals surface area contributed by atoms with Gasteiger partial charge in [-0.3, -0.25) is 4.90 Å². The van der Waals surface area contributed by atoms with Gasteiger partial charge in [0.1, 0.15) is 0 Å². The van der Waals surface area contributed by atoms with Crippen molar-refractivity contribution in [1.82, 2.24) is 5.32 Å². The van der Waals surface area contributed by atoms with E-state index in [1.165, 1.54) is 11.1 Å². The molecule has 3 rings (SSSR count). The number of rotatable bonds is 2. The van der Waals surface area contributed by atoms with Gasteiger partial charge in [-0.1, -0.05) is 48.0 Å². The first-order chi connectivity index (χ1) is 10.1. The maximum atomic E-state index is 12.5. The van der Waals surface area contributed by atoms with Crippen molar-refractivity contribution in [2.75, 3.05) is 4.90 Å². The van der Waals surface area contributed by atoms with Gasteiger partial charge in [-0.25, -0.2) is 4.79 Å². The Morgan fingerprint density at radius 3 is 2.76 bits per heavy atom. The van der Waals surface area contributed by atoms with Gasteiger partial charge < -0.3 is 5.32 Å². The Kier molecular flexibility index (Phi) is 3.65. The highest BCUT2D eigenvalue weighted by molar-refractivity contribution is 5.95. The predicted octanol–water partition coefficient (Wildman–Crippen LogP) is 3.66. The lowest BCUT2D eigenvalue weighted by Gasteiger charge is -2.23. The summed E-state index contributed by atoms with van der Waals surface area (Å²) >= 11 is 0. The van der Waals surface area contributed by atoms with Gasteiger partial charge in [0.2, 0.25) is 0 Å². The zero-order valence-electron chi connectivity index (χ0n) is 12.5. The number of carbonyl (C=O) groups is 1. The number of aryl methyl sites for hydroxylation is 1. The standard InChI is InChI=1S/C18H20N2O/c1-13-8-9-17-16(10-13)11-14(2)20(17)18(21)19-12-15-6-4-3-5-7-15/h3-10,14H,11-12H2,1-2H3,(H,19,21). The molecule has 1 aliphatic rings. The number of nitrogens with one attached hydrogen (secondary N) is 1. The lowest BCUT2D eigenvalue weighted by molar-refractivity contribution is 0.244. The van der Waals surface area contributed by atoms with Crippen molar-refractivity contribution in [3.63, 3.8) is 0 Å². The number of benzene rings is 2. The lowest BCUT2D eigenvalue weighted by atomic mass is 10.1. The number of nitrogens with zero attached hydrogens (tertiary/aromatic N) is 1. The SMILES string of the molecule is Cc1ccc2c(c1)CC(C)N2C(=O)NCc1ccccc1. The molecule has 0 spiro atoms. The van der Waals surface area contributed by atoms with Gasteiger partial charge in [0.05, 0.1) is 0 Å². The molecule has 0 saturated carbocycles. The molecule has 0 aromatic heterocycles. The van der Waals surface area contributed by atoms with E-state index in [9.17, 15) is 4.79 Å². The highest BCUT2D eigenvalue weighted by Crippen LogP contribution is 2.32. The molecule has 1 atom stereocenters. The van der Waals surface area contributed by atoms with Gasteiger partial charge in [0.15, 0.2) is 0 Å². The zero-order chi connectivity index (χ0) is 14.8. The monoisotopic (exact) mass is 280 g/mol.